The molecular weight excluding hydrogens is 487 g/mol. The maximum absolute atomic E-state index is 12.2. The van der Waals surface area contributed by atoms with Crippen LogP contribution >= 0.6 is 24.0 Å². The molecule has 9 nitrogen and oxygen atoms in total. The average molecular weight is 522 g/mol. The lowest BCUT2D eigenvalue weighted by molar-refractivity contribution is -0.149. The summed E-state index contributed by atoms with van der Waals surface area (Å²) in [6.45, 7) is 10.3. The first-order chi connectivity index (χ1) is 13.6. The number of piperidine rings is 1. The van der Waals surface area contributed by atoms with Gasteiger partial charge in [-0.25, -0.2) is 4.99 Å². The maximum Gasteiger partial charge on any atom is 0.310 e. The molecule has 1 atom stereocenters. The molecule has 1 fully saturated rings. The highest BCUT2D eigenvalue weighted by Crippen LogP contribution is 2.18. The minimum absolute atomic E-state index is 0. The third-order valence-corrected chi connectivity index (χ3v) is 4.85. The molecule has 1 saturated heterocycles. The highest BCUT2D eigenvalue weighted by atomic mass is 127. The van der Waals surface area contributed by atoms with Gasteiger partial charge in [0.1, 0.15) is 12.4 Å². The molecule has 1 N–H and O–H groups in total. The molecule has 1 aliphatic heterocycles. The number of carbonyl (C=O) groups is 1. The van der Waals surface area contributed by atoms with Crippen LogP contribution in [0.1, 0.15) is 44.8 Å². The highest BCUT2D eigenvalue weighted by Gasteiger charge is 2.28. The van der Waals surface area contributed by atoms with E-state index >= 15 is 0 Å². The second kappa shape index (κ2) is 13.7. The number of likely N-dealkylation sites (tertiary alicyclic amines) is 1. The van der Waals surface area contributed by atoms with Gasteiger partial charge in [0, 0.05) is 39.9 Å². The molecule has 1 aliphatic rings. The van der Waals surface area contributed by atoms with Crippen LogP contribution in [0.25, 0.3) is 0 Å². The van der Waals surface area contributed by atoms with Crippen molar-refractivity contribution in [1.82, 2.24) is 25.0 Å². The molecule has 10 heteroatoms. The number of aromatic nitrogens is 3. The van der Waals surface area contributed by atoms with Crippen LogP contribution in [0.5, 0.6) is 0 Å². The molecule has 0 saturated carbocycles. The van der Waals surface area contributed by atoms with Crippen LogP contribution in [0.2, 0.25) is 0 Å². The van der Waals surface area contributed by atoms with Gasteiger partial charge in [0.2, 0.25) is 0 Å². The fraction of sp³-hybridized carbons (Fsp3) is 0.789. The van der Waals surface area contributed by atoms with Gasteiger partial charge >= 0.3 is 5.97 Å². The van der Waals surface area contributed by atoms with E-state index in [1.165, 1.54) is 0 Å². The normalized spacial score (nSPS) is 17.0. The number of hydrogen-bond donors (Lipinski definition) is 1. The average Bonchev–Trinajstić information content (AvgIpc) is 3.02. The number of carbonyl (C=O) groups excluding carboxylic acids is 1. The zero-order valence-electron chi connectivity index (χ0n) is 18.0. The van der Waals surface area contributed by atoms with Crippen molar-refractivity contribution in [1.29, 1.82) is 0 Å². The SMILES string of the molecule is CCOCCCNC(=NCc1nnc(C)n1C)N1CCCC(C(=O)OCC)C1.I. The molecule has 2 heterocycles. The van der Waals surface area contributed by atoms with E-state index in [1.807, 2.05) is 32.4 Å². The summed E-state index contributed by atoms with van der Waals surface area (Å²) in [4.78, 5) is 19.1. The molecule has 29 heavy (non-hydrogen) atoms. The van der Waals surface area contributed by atoms with Crippen LogP contribution in [0, 0.1) is 12.8 Å². The maximum atomic E-state index is 12.2. The Morgan fingerprint density at radius 3 is 2.76 bits per heavy atom. The van der Waals surface area contributed by atoms with Crippen molar-refractivity contribution in [2.24, 2.45) is 18.0 Å². The lowest BCUT2D eigenvalue weighted by Gasteiger charge is -2.34. The summed E-state index contributed by atoms with van der Waals surface area (Å²) >= 11 is 0. The topological polar surface area (TPSA) is 93.9 Å². The Labute approximate surface area is 190 Å². The first-order valence-electron chi connectivity index (χ1n) is 10.2. The van der Waals surface area contributed by atoms with Crippen LogP contribution in [0.15, 0.2) is 4.99 Å². The van der Waals surface area contributed by atoms with Gasteiger partial charge in [0.25, 0.3) is 0 Å². The number of halogens is 1. The van der Waals surface area contributed by atoms with E-state index in [-0.39, 0.29) is 35.9 Å². The predicted molar refractivity (Wildman–Crippen MR) is 122 cm³/mol. The summed E-state index contributed by atoms with van der Waals surface area (Å²) in [7, 11) is 1.94. The second-order valence-corrected chi connectivity index (χ2v) is 6.88. The summed E-state index contributed by atoms with van der Waals surface area (Å²) in [5.41, 5.74) is 0. The van der Waals surface area contributed by atoms with E-state index < -0.39 is 0 Å². The van der Waals surface area contributed by atoms with Crippen LogP contribution in [-0.4, -0.2) is 71.0 Å². The number of rotatable bonds is 9. The quantitative estimate of drug-likeness (QED) is 0.174. The zero-order chi connectivity index (χ0) is 20.4. The summed E-state index contributed by atoms with van der Waals surface area (Å²) < 4.78 is 12.6. The van der Waals surface area contributed by atoms with Crippen LogP contribution in [0.4, 0.5) is 0 Å². The van der Waals surface area contributed by atoms with Crippen molar-refractivity contribution in [3.05, 3.63) is 11.6 Å². The summed E-state index contributed by atoms with van der Waals surface area (Å²) in [5.74, 6) is 2.24. The molecule has 0 radical (unpaired) electrons. The Balaban J connectivity index is 0.00000420. The predicted octanol–water partition coefficient (Wildman–Crippen LogP) is 1.89. The van der Waals surface area contributed by atoms with Gasteiger partial charge < -0.3 is 24.3 Å². The largest absolute Gasteiger partial charge is 0.466 e. The van der Waals surface area contributed by atoms with Crippen LogP contribution in [-0.2, 0) is 27.9 Å². The molecule has 0 aromatic carbocycles. The van der Waals surface area contributed by atoms with Crippen molar-refractivity contribution in [3.63, 3.8) is 0 Å². The number of nitrogens with zero attached hydrogens (tertiary/aromatic N) is 5. The van der Waals surface area contributed by atoms with Gasteiger partial charge in [-0.1, -0.05) is 0 Å². The third kappa shape index (κ3) is 8.07. The molecule has 1 aromatic heterocycles. The number of nitrogens with one attached hydrogen (secondary N) is 1. The first kappa shape index (κ1) is 25.6. The lowest BCUT2D eigenvalue weighted by atomic mass is 9.98. The molecule has 1 unspecified atom stereocenters. The summed E-state index contributed by atoms with van der Waals surface area (Å²) in [6, 6.07) is 0. The Morgan fingerprint density at radius 2 is 2.10 bits per heavy atom. The lowest BCUT2D eigenvalue weighted by Crippen LogP contribution is -2.48. The molecule has 0 aliphatic carbocycles. The molecule has 1 aromatic rings. The summed E-state index contributed by atoms with van der Waals surface area (Å²) in [6.07, 6.45) is 2.69. The monoisotopic (exact) mass is 522 g/mol. The van der Waals surface area contributed by atoms with Crippen LogP contribution < -0.4 is 5.32 Å². The van der Waals surface area contributed by atoms with E-state index in [0.29, 0.717) is 26.3 Å². The Kier molecular flexibility index (Phi) is 12.1. The van der Waals surface area contributed by atoms with Crippen LogP contribution in [0.3, 0.4) is 0 Å². The second-order valence-electron chi connectivity index (χ2n) is 6.88. The van der Waals surface area contributed by atoms with Gasteiger partial charge in [0.05, 0.1) is 12.5 Å². The standard InChI is InChI=1S/C19H34N6O3.HI/c1-5-27-12-8-10-20-19(21-13-17-23-22-15(3)24(17)4)25-11-7-9-16(14-25)18(26)28-6-2;/h16H,5-14H2,1-4H3,(H,20,21);1H. The summed E-state index contributed by atoms with van der Waals surface area (Å²) in [5, 5.41) is 11.7. The molecule has 2 rings (SSSR count). The van der Waals surface area contributed by atoms with Gasteiger partial charge in [0.15, 0.2) is 11.8 Å². The number of aliphatic imine (C=N–C) groups is 1. The minimum atomic E-state index is -0.119. The first-order valence-corrected chi connectivity index (χ1v) is 10.2. The smallest absolute Gasteiger partial charge is 0.310 e. The minimum Gasteiger partial charge on any atom is -0.466 e. The molecule has 0 spiro atoms. The third-order valence-electron chi connectivity index (χ3n) is 4.85. The van der Waals surface area contributed by atoms with Crippen molar-refractivity contribution >= 4 is 35.9 Å². The van der Waals surface area contributed by atoms with Crippen molar-refractivity contribution in [2.45, 2.75) is 46.6 Å². The fourth-order valence-corrected chi connectivity index (χ4v) is 3.14. The number of aryl methyl sites for hydroxylation is 1. The van der Waals surface area contributed by atoms with Crippen molar-refractivity contribution in [3.8, 4) is 0 Å². The van der Waals surface area contributed by atoms with Gasteiger partial charge in [-0.15, -0.1) is 34.2 Å². The molecular formula is C19H35IN6O3. The molecule has 0 amide bonds. The molecule has 166 valence electrons. The number of hydrogen-bond acceptors (Lipinski definition) is 6. The van der Waals surface area contributed by atoms with E-state index in [1.54, 1.807) is 0 Å². The number of ether oxygens (including phenoxy) is 2. The zero-order valence-corrected chi connectivity index (χ0v) is 20.3. The fourth-order valence-electron chi connectivity index (χ4n) is 3.14. The Hall–Kier alpha value is -1.43. The van der Waals surface area contributed by atoms with Gasteiger partial charge in [-0.3, -0.25) is 4.79 Å². The number of guanidine groups is 1. The number of esters is 1. The van der Waals surface area contributed by atoms with Gasteiger partial charge in [-0.05, 0) is 40.0 Å². The van der Waals surface area contributed by atoms with Crippen molar-refractivity contribution in [2.75, 3.05) is 39.5 Å². The highest BCUT2D eigenvalue weighted by molar-refractivity contribution is 14.0. The van der Waals surface area contributed by atoms with Gasteiger partial charge in [-0.2, -0.15) is 0 Å². The van der Waals surface area contributed by atoms with E-state index in [0.717, 1.165) is 56.6 Å². The Bertz CT molecular complexity index is 652. The van der Waals surface area contributed by atoms with E-state index in [2.05, 4.69) is 20.4 Å². The molecule has 0 bridgehead atoms. The van der Waals surface area contributed by atoms with E-state index in [9.17, 15) is 4.79 Å². The van der Waals surface area contributed by atoms with E-state index in [4.69, 9.17) is 14.5 Å². The van der Waals surface area contributed by atoms with Crippen molar-refractivity contribution < 1.29 is 14.3 Å². The Morgan fingerprint density at radius 1 is 1.31 bits per heavy atom.